The zero-order valence-electron chi connectivity index (χ0n) is 12.7. The number of piperidine rings is 1. The summed E-state index contributed by atoms with van der Waals surface area (Å²) in [6.07, 6.45) is 5.55. The van der Waals surface area contributed by atoms with Gasteiger partial charge in [-0.1, -0.05) is 24.3 Å². The van der Waals surface area contributed by atoms with Crippen molar-refractivity contribution in [2.24, 2.45) is 0 Å². The number of nitrogens with one attached hydrogen (secondary N) is 1. The maximum absolute atomic E-state index is 12.2. The summed E-state index contributed by atoms with van der Waals surface area (Å²) in [5.74, 6) is 0.963. The maximum Gasteiger partial charge on any atom is 0.251 e. The average Bonchev–Trinajstić information content (AvgIpc) is 2.61. The van der Waals surface area contributed by atoms with Crippen LogP contribution < -0.4 is 10.2 Å². The first-order chi connectivity index (χ1) is 10.8. The molecular weight excluding hydrogens is 274 g/mol. The summed E-state index contributed by atoms with van der Waals surface area (Å²) in [4.78, 5) is 19.0. The topological polar surface area (TPSA) is 45.2 Å². The van der Waals surface area contributed by atoms with Crippen molar-refractivity contribution in [2.75, 3.05) is 18.0 Å². The Balaban J connectivity index is 1.69. The molecule has 4 nitrogen and oxygen atoms in total. The van der Waals surface area contributed by atoms with Crippen LogP contribution in [0.2, 0.25) is 0 Å². The van der Waals surface area contributed by atoms with Gasteiger partial charge in [0.05, 0.1) is 0 Å². The fourth-order valence-electron chi connectivity index (χ4n) is 2.83. The summed E-state index contributed by atoms with van der Waals surface area (Å²) < 4.78 is 0. The third-order valence-electron chi connectivity index (χ3n) is 4.00. The minimum absolute atomic E-state index is 0.0472. The van der Waals surface area contributed by atoms with E-state index in [4.69, 9.17) is 0 Å². The number of amides is 1. The molecule has 1 amide bonds. The Kier molecular flexibility index (Phi) is 4.68. The van der Waals surface area contributed by atoms with Crippen LogP contribution in [-0.4, -0.2) is 24.0 Å². The van der Waals surface area contributed by atoms with Gasteiger partial charge in [-0.15, -0.1) is 0 Å². The lowest BCUT2D eigenvalue weighted by atomic mass is 10.1. The summed E-state index contributed by atoms with van der Waals surface area (Å²) in [7, 11) is 0. The lowest BCUT2D eigenvalue weighted by Crippen LogP contribution is -2.32. The molecule has 0 bridgehead atoms. The van der Waals surface area contributed by atoms with Crippen molar-refractivity contribution in [1.29, 1.82) is 0 Å². The third-order valence-corrected chi connectivity index (χ3v) is 4.00. The van der Waals surface area contributed by atoms with E-state index in [0.717, 1.165) is 24.5 Å². The summed E-state index contributed by atoms with van der Waals surface area (Å²) in [5.41, 5.74) is 1.76. The monoisotopic (exact) mass is 295 g/mol. The molecule has 2 aromatic rings. The van der Waals surface area contributed by atoms with Crippen LogP contribution in [0.4, 0.5) is 5.82 Å². The molecular formula is C18H21N3O. The van der Waals surface area contributed by atoms with Gasteiger partial charge in [-0.25, -0.2) is 4.98 Å². The van der Waals surface area contributed by atoms with Gasteiger partial charge in [-0.3, -0.25) is 4.79 Å². The van der Waals surface area contributed by atoms with Crippen molar-refractivity contribution in [3.63, 3.8) is 0 Å². The minimum Gasteiger partial charge on any atom is -0.356 e. The number of hydrogen-bond acceptors (Lipinski definition) is 3. The Morgan fingerprint density at radius 1 is 1.05 bits per heavy atom. The highest BCUT2D eigenvalue weighted by molar-refractivity contribution is 5.94. The highest BCUT2D eigenvalue weighted by Crippen LogP contribution is 2.21. The number of benzene rings is 1. The van der Waals surface area contributed by atoms with Crippen LogP contribution in [0.5, 0.6) is 0 Å². The van der Waals surface area contributed by atoms with Crippen molar-refractivity contribution in [2.45, 2.75) is 25.8 Å². The number of carbonyl (C=O) groups excluding carboxylic acids is 1. The highest BCUT2D eigenvalue weighted by atomic mass is 16.1. The summed E-state index contributed by atoms with van der Waals surface area (Å²) in [5, 5.41) is 2.99. The fourth-order valence-corrected chi connectivity index (χ4v) is 2.83. The van der Waals surface area contributed by atoms with Crippen molar-refractivity contribution in [3.05, 3.63) is 59.8 Å². The van der Waals surface area contributed by atoms with E-state index in [9.17, 15) is 4.79 Å². The molecule has 4 heteroatoms. The molecule has 2 heterocycles. The molecule has 1 fully saturated rings. The molecule has 3 rings (SSSR count). The van der Waals surface area contributed by atoms with Crippen LogP contribution in [0.15, 0.2) is 48.7 Å². The van der Waals surface area contributed by atoms with E-state index in [1.54, 1.807) is 0 Å². The standard InChI is InChI=1S/C18H21N3O/c22-18(15-8-3-1-4-9-15)20-14-16-10-7-11-19-17(16)21-12-5-2-6-13-21/h1,3-4,7-11H,2,5-6,12-14H2,(H,20,22). The van der Waals surface area contributed by atoms with Crippen LogP contribution in [0.3, 0.4) is 0 Å². The third kappa shape index (κ3) is 3.45. The van der Waals surface area contributed by atoms with Gasteiger partial charge in [0.1, 0.15) is 5.82 Å². The Bertz CT molecular complexity index is 621. The molecule has 0 unspecified atom stereocenters. The van der Waals surface area contributed by atoms with Crippen LogP contribution in [0.25, 0.3) is 0 Å². The van der Waals surface area contributed by atoms with Crippen molar-refractivity contribution in [3.8, 4) is 0 Å². The van der Waals surface area contributed by atoms with Gasteiger partial charge in [0, 0.05) is 37.0 Å². The second kappa shape index (κ2) is 7.07. The van der Waals surface area contributed by atoms with E-state index in [2.05, 4.69) is 15.2 Å². The quantitative estimate of drug-likeness (QED) is 0.943. The molecule has 0 atom stereocenters. The molecule has 1 N–H and O–H groups in total. The Morgan fingerprint density at radius 3 is 2.59 bits per heavy atom. The molecule has 1 aromatic carbocycles. The second-order valence-electron chi connectivity index (χ2n) is 5.58. The van der Waals surface area contributed by atoms with Gasteiger partial charge in [-0.2, -0.15) is 0 Å². The number of rotatable bonds is 4. The van der Waals surface area contributed by atoms with Gasteiger partial charge in [-0.05, 0) is 37.5 Å². The fraction of sp³-hybridized carbons (Fsp3) is 0.333. The summed E-state index contributed by atoms with van der Waals surface area (Å²) in [6.45, 7) is 2.61. The van der Waals surface area contributed by atoms with E-state index in [0.29, 0.717) is 12.1 Å². The van der Waals surface area contributed by atoms with Gasteiger partial charge < -0.3 is 10.2 Å². The van der Waals surface area contributed by atoms with Crippen LogP contribution in [0, 0.1) is 0 Å². The average molecular weight is 295 g/mol. The normalized spacial score (nSPS) is 14.6. The highest BCUT2D eigenvalue weighted by Gasteiger charge is 2.15. The van der Waals surface area contributed by atoms with E-state index >= 15 is 0 Å². The number of hydrogen-bond donors (Lipinski definition) is 1. The first-order valence-electron chi connectivity index (χ1n) is 7.87. The molecule has 1 aliphatic rings. The molecule has 0 spiro atoms. The lowest BCUT2D eigenvalue weighted by Gasteiger charge is -2.29. The van der Waals surface area contributed by atoms with E-state index in [-0.39, 0.29) is 5.91 Å². The number of anilines is 1. The first kappa shape index (κ1) is 14.6. The van der Waals surface area contributed by atoms with Crippen LogP contribution in [0.1, 0.15) is 35.2 Å². The molecule has 0 saturated carbocycles. The molecule has 1 aromatic heterocycles. The van der Waals surface area contributed by atoms with E-state index in [1.807, 2.05) is 48.7 Å². The largest absolute Gasteiger partial charge is 0.356 e. The van der Waals surface area contributed by atoms with Crippen LogP contribution in [-0.2, 0) is 6.54 Å². The summed E-state index contributed by atoms with van der Waals surface area (Å²) in [6, 6.07) is 13.3. The molecule has 0 aliphatic carbocycles. The molecule has 1 saturated heterocycles. The first-order valence-corrected chi connectivity index (χ1v) is 7.87. The van der Waals surface area contributed by atoms with Gasteiger partial charge in [0.15, 0.2) is 0 Å². The zero-order valence-corrected chi connectivity index (χ0v) is 12.7. The van der Waals surface area contributed by atoms with E-state index in [1.165, 1.54) is 19.3 Å². The van der Waals surface area contributed by atoms with Crippen molar-refractivity contribution in [1.82, 2.24) is 10.3 Å². The van der Waals surface area contributed by atoms with Gasteiger partial charge >= 0.3 is 0 Å². The predicted molar refractivity (Wildman–Crippen MR) is 87.9 cm³/mol. The SMILES string of the molecule is O=C(NCc1cccnc1N1CCCCC1)c1ccccc1. The molecule has 0 radical (unpaired) electrons. The second-order valence-corrected chi connectivity index (χ2v) is 5.58. The minimum atomic E-state index is -0.0472. The zero-order chi connectivity index (χ0) is 15.2. The van der Waals surface area contributed by atoms with Gasteiger partial charge in [0.2, 0.25) is 0 Å². The van der Waals surface area contributed by atoms with Crippen molar-refractivity contribution < 1.29 is 4.79 Å². The Hall–Kier alpha value is -2.36. The predicted octanol–water partition coefficient (Wildman–Crippen LogP) is 3.00. The number of carbonyl (C=O) groups is 1. The molecule has 22 heavy (non-hydrogen) atoms. The number of aromatic nitrogens is 1. The smallest absolute Gasteiger partial charge is 0.251 e. The Morgan fingerprint density at radius 2 is 1.82 bits per heavy atom. The van der Waals surface area contributed by atoms with Gasteiger partial charge in [0.25, 0.3) is 5.91 Å². The van der Waals surface area contributed by atoms with E-state index < -0.39 is 0 Å². The summed E-state index contributed by atoms with van der Waals surface area (Å²) >= 11 is 0. The van der Waals surface area contributed by atoms with Crippen molar-refractivity contribution >= 4 is 11.7 Å². The van der Waals surface area contributed by atoms with Crippen LogP contribution >= 0.6 is 0 Å². The maximum atomic E-state index is 12.2. The molecule has 1 aliphatic heterocycles. The number of nitrogens with zero attached hydrogens (tertiary/aromatic N) is 2. The number of pyridine rings is 1. The molecule has 114 valence electrons. The lowest BCUT2D eigenvalue weighted by molar-refractivity contribution is 0.0951. The Labute approximate surface area is 131 Å².